The first-order valence-electron chi connectivity index (χ1n) is 2.98. The van der Waals surface area contributed by atoms with E-state index in [9.17, 15) is 8.78 Å². The van der Waals surface area contributed by atoms with Gasteiger partial charge in [0.25, 0.3) is 0 Å². The first-order chi connectivity index (χ1) is 4.21. The van der Waals surface area contributed by atoms with Crippen LogP contribution >= 0.6 is 0 Å². The van der Waals surface area contributed by atoms with Crippen LogP contribution in [0.2, 0.25) is 0 Å². The zero-order valence-electron chi connectivity index (χ0n) is 5.88. The minimum absolute atomic E-state index is 0.500. The molecule has 1 unspecified atom stereocenters. The average molecular weight is 137 g/mol. The van der Waals surface area contributed by atoms with Crippen molar-refractivity contribution >= 4 is 0 Å². The predicted octanol–water partition coefficient (Wildman–Crippen LogP) is 1.29. The average Bonchev–Trinajstić information content (AvgIpc) is 2.19. The Labute approximate surface area is 54.4 Å². The molecule has 9 heavy (non-hydrogen) atoms. The van der Waals surface area contributed by atoms with E-state index in [1.165, 1.54) is 0 Å². The van der Waals surface area contributed by atoms with Crippen molar-refractivity contribution in [3.8, 4) is 0 Å². The molecule has 0 aromatic rings. The molecule has 1 nitrogen and oxygen atoms in total. The van der Waals surface area contributed by atoms with Gasteiger partial charge in [0, 0.05) is 6.54 Å². The fraction of sp³-hybridized carbons (Fsp3) is 1.00. The summed E-state index contributed by atoms with van der Waals surface area (Å²) in [7, 11) is 0.500. The van der Waals surface area contributed by atoms with Gasteiger partial charge in [0.1, 0.15) is 5.67 Å². The second-order valence-corrected chi connectivity index (χ2v) is 2.34. The molecule has 0 radical (unpaired) electrons. The topological polar surface area (TPSA) is 12.0 Å². The third kappa shape index (κ3) is 3.40. The summed E-state index contributed by atoms with van der Waals surface area (Å²) in [6.45, 7) is 3.01. The number of halogens is 2. The Kier molecular flexibility index (Phi) is 3.70. The molecule has 0 bridgehead atoms. The maximum atomic E-state index is 12.5. The van der Waals surface area contributed by atoms with Crippen molar-refractivity contribution in [2.75, 3.05) is 20.3 Å². The van der Waals surface area contributed by atoms with Gasteiger partial charge in [-0.05, 0) is 19.9 Å². The monoisotopic (exact) mass is 137 g/mol. The van der Waals surface area contributed by atoms with Gasteiger partial charge in [-0.25, -0.2) is 4.39 Å². The first-order valence-corrected chi connectivity index (χ1v) is 2.98. The second-order valence-electron chi connectivity index (χ2n) is 2.34. The summed E-state index contributed by atoms with van der Waals surface area (Å²) in [5, 5.41) is 2.94. The highest BCUT2D eigenvalue weighted by molar-refractivity contribution is 4.82. The Balaban J connectivity index is 0.000000291. The molecule has 0 aromatic heterocycles. The van der Waals surface area contributed by atoms with Gasteiger partial charge in [-0.1, -0.05) is 0 Å². The zero-order valence-corrected chi connectivity index (χ0v) is 5.88. The van der Waals surface area contributed by atoms with E-state index in [1.807, 2.05) is 0 Å². The molecule has 1 saturated heterocycles. The molecular formula is C6H13F2N. The Morgan fingerprint density at radius 2 is 2.00 bits per heavy atom. The fourth-order valence-corrected chi connectivity index (χ4v) is 0.786. The van der Waals surface area contributed by atoms with Crippen molar-refractivity contribution in [3.05, 3.63) is 0 Å². The van der Waals surface area contributed by atoms with Crippen LogP contribution in [0.5, 0.6) is 0 Å². The van der Waals surface area contributed by atoms with Crippen LogP contribution in [0, 0.1) is 0 Å². The lowest BCUT2D eigenvalue weighted by Gasteiger charge is -2.07. The predicted molar refractivity (Wildman–Crippen MR) is 34.0 cm³/mol. The summed E-state index contributed by atoms with van der Waals surface area (Å²) >= 11 is 0. The van der Waals surface area contributed by atoms with Gasteiger partial charge in [0.2, 0.25) is 0 Å². The quantitative estimate of drug-likeness (QED) is 0.530. The zero-order chi connectivity index (χ0) is 7.33. The largest absolute Gasteiger partial charge is 0.313 e. The van der Waals surface area contributed by atoms with E-state index in [1.54, 1.807) is 6.92 Å². The molecule has 1 heterocycles. The first kappa shape index (κ1) is 8.82. The van der Waals surface area contributed by atoms with Gasteiger partial charge in [-0.3, -0.25) is 4.39 Å². The SMILES string of the molecule is CC1(F)CCNC1.CF. The summed E-state index contributed by atoms with van der Waals surface area (Å²) in [6, 6.07) is 0. The van der Waals surface area contributed by atoms with E-state index in [4.69, 9.17) is 0 Å². The molecular weight excluding hydrogens is 124 g/mol. The smallest absolute Gasteiger partial charge is 0.121 e. The van der Waals surface area contributed by atoms with Gasteiger partial charge in [0.05, 0.1) is 7.18 Å². The molecule has 1 N–H and O–H groups in total. The highest BCUT2D eigenvalue weighted by Crippen LogP contribution is 2.16. The minimum Gasteiger partial charge on any atom is -0.313 e. The standard InChI is InChI=1S/C5H10FN.CH3F/c1-5(6)2-3-7-4-5;1-2/h7H,2-4H2,1H3;1H3. The summed E-state index contributed by atoms with van der Waals surface area (Å²) in [6.07, 6.45) is 0.674. The third-order valence-electron chi connectivity index (χ3n) is 1.32. The van der Waals surface area contributed by atoms with Gasteiger partial charge in [-0.15, -0.1) is 0 Å². The van der Waals surface area contributed by atoms with E-state index >= 15 is 0 Å². The van der Waals surface area contributed by atoms with Gasteiger partial charge in [0.15, 0.2) is 0 Å². The van der Waals surface area contributed by atoms with Crippen LogP contribution in [-0.2, 0) is 0 Å². The van der Waals surface area contributed by atoms with Crippen molar-refractivity contribution in [1.29, 1.82) is 0 Å². The Morgan fingerprint density at radius 1 is 1.44 bits per heavy atom. The number of hydrogen-bond acceptors (Lipinski definition) is 1. The molecule has 1 aliphatic rings. The van der Waals surface area contributed by atoms with Crippen LogP contribution in [0.1, 0.15) is 13.3 Å². The van der Waals surface area contributed by atoms with E-state index in [2.05, 4.69) is 5.32 Å². The van der Waals surface area contributed by atoms with Crippen molar-refractivity contribution in [3.63, 3.8) is 0 Å². The normalized spacial score (nSPS) is 33.3. The van der Waals surface area contributed by atoms with Crippen molar-refractivity contribution in [2.45, 2.75) is 19.0 Å². The summed E-state index contributed by atoms with van der Waals surface area (Å²) in [5.74, 6) is 0. The van der Waals surface area contributed by atoms with E-state index in [0.717, 1.165) is 6.54 Å². The minimum atomic E-state index is -0.917. The van der Waals surface area contributed by atoms with Crippen LogP contribution in [0.15, 0.2) is 0 Å². The van der Waals surface area contributed by atoms with Gasteiger partial charge >= 0.3 is 0 Å². The molecule has 0 saturated carbocycles. The van der Waals surface area contributed by atoms with Crippen molar-refractivity contribution in [2.24, 2.45) is 0 Å². The van der Waals surface area contributed by atoms with Crippen molar-refractivity contribution in [1.82, 2.24) is 5.32 Å². The van der Waals surface area contributed by atoms with Crippen LogP contribution < -0.4 is 5.32 Å². The fourth-order valence-electron chi connectivity index (χ4n) is 0.786. The van der Waals surface area contributed by atoms with Gasteiger partial charge < -0.3 is 5.32 Å². The molecule has 0 amide bonds. The Hall–Kier alpha value is -0.180. The molecule has 0 aromatic carbocycles. The molecule has 3 heteroatoms. The number of nitrogens with one attached hydrogen (secondary N) is 1. The maximum Gasteiger partial charge on any atom is 0.121 e. The van der Waals surface area contributed by atoms with E-state index in [-0.39, 0.29) is 0 Å². The lowest BCUT2D eigenvalue weighted by molar-refractivity contribution is 0.218. The summed E-state index contributed by atoms with van der Waals surface area (Å²) in [4.78, 5) is 0. The molecule has 1 aliphatic heterocycles. The summed E-state index contributed by atoms with van der Waals surface area (Å²) in [5.41, 5.74) is -0.917. The number of alkyl halides is 2. The Bertz CT molecular complexity index is 65.5. The van der Waals surface area contributed by atoms with Crippen LogP contribution in [0.25, 0.3) is 0 Å². The number of rotatable bonds is 0. The summed E-state index contributed by atoms with van der Waals surface area (Å²) < 4.78 is 22.0. The van der Waals surface area contributed by atoms with Crippen LogP contribution in [-0.4, -0.2) is 25.9 Å². The molecule has 0 aliphatic carbocycles. The van der Waals surface area contributed by atoms with Gasteiger partial charge in [-0.2, -0.15) is 0 Å². The molecule has 1 fully saturated rings. The molecule has 56 valence electrons. The maximum absolute atomic E-state index is 12.5. The lowest BCUT2D eigenvalue weighted by Crippen LogP contribution is -2.20. The van der Waals surface area contributed by atoms with E-state index in [0.29, 0.717) is 20.1 Å². The molecule has 1 rings (SSSR count). The molecule has 0 spiro atoms. The Morgan fingerprint density at radius 3 is 2.11 bits per heavy atom. The lowest BCUT2D eigenvalue weighted by atomic mass is 10.1. The second kappa shape index (κ2) is 3.77. The third-order valence-corrected chi connectivity index (χ3v) is 1.32. The van der Waals surface area contributed by atoms with E-state index < -0.39 is 5.67 Å². The van der Waals surface area contributed by atoms with Crippen LogP contribution in [0.3, 0.4) is 0 Å². The highest BCUT2D eigenvalue weighted by Gasteiger charge is 2.26. The molecule has 1 atom stereocenters. The number of hydrogen-bond donors (Lipinski definition) is 1. The van der Waals surface area contributed by atoms with Crippen molar-refractivity contribution < 1.29 is 8.78 Å². The highest BCUT2D eigenvalue weighted by atomic mass is 19.1. The van der Waals surface area contributed by atoms with Crippen LogP contribution in [0.4, 0.5) is 8.78 Å².